The Hall–Kier alpha value is 0.00351. The van der Waals surface area contributed by atoms with Crippen LogP contribution < -0.4 is 0 Å². The Bertz CT molecular complexity index is 350. The molecule has 0 fully saturated rings. The van der Waals surface area contributed by atoms with Crippen molar-refractivity contribution in [2.24, 2.45) is 0 Å². The summed E-state index contributed by atoms with van der Waals surface area (Å²) < 4.78 is 25.2. The zero-order chi connectivity index (χ0) is 9.73. The fourth-order valence-corrected chi connectivity index (χ4v) is 1.40. The zero-order valence-electron chi connectivity index (χ0n) is 7.16. The summed E-state index contributed by atoms with van der Waals surface area (Å²) in [5, 5.41) is 0. The first kappa shape index (κ1) is 14.0. The van der Waals surface area contributed by atoms with Crippen LogP contribution in [-0.4, -0.2) is 15.4 Å². The van der Waals surface area contributed by atoms with Gasteiger partial charge in [0.2, 0.25) is 0 Å². The van der Waals surface area contributed by atoms with Crippen molar-refractivity contribution in [1.29, 1.82) is 0 Å². The molecule has 1 atom stereocenters. The summed E-state index contributed by atoms with van der Waals surface area (Å²) in [7, 11) is -3.71. The van der Waals surface area contributed by atoms with Crippen LogP contribution in [0.3, 0.4) is 0 Å². The quantitative estimate of drug-likeness (QED) is 0.771. The topological polar surface area (TPSA) is 49.4 Å². The van der Waals surface area contributed by atoms with E-state index in [1.165, 1.54) is 0 Å². The van der Waals surface area contributed by atoms with Gasteiger partial charge in [0.15, 0.2) is 0 Å². The van der Waals surface area contributed by atoms with Gasteiger partial charge in [0, 0.05) is 0 Å². The van der Waals surface area contributed by atoms with Crippen LogP contribution in [0.4, 0.5) is 0 Å². The van der Waals surface area contributed by atoms with Gasteiger partial charge in [-0.05, 0) is 23.2 Å². The largest absolute Gasteiger partial charge is 2.00 e. The van der Waals surface area contributed by atoms with Gasteiger partial charge in [-0.25, -0.2) is 4.21 Å². The molecule has 0 aliphatic carbocycles. The summed E-state index contributed by atoms with van der Waals surface area (Å²) in [5.41, 5.74) is 1.03. The fourth-order valence-electron chi connectivity index (χ4n) is 0.906. The molecule has 0 aromatic heterocycles. The second-order valence-electron chi connectivity index (χ2n) is 2.47. The summed E-state index contributed by atoms with van der Waals surface area (Å²) >= 11 is 4.05. The smallest absolute Gasteiger partial charge is 0.748 e. The van der Waals surface area contributed by atoms with E-state index in [0.717, 1.165) is 5.56 Å². The first-order valence-electron chi connectivity index (χ1n) is 3.72. The van der Waals surface area contributed by atoms with Crippen molar-refractivity contribution in [3.05, 3.63) is 35.9 Å². The third-order valence-electron chi connectivity index (χ3n) is 1.46. The van der Waals surface area contributed by atoms with E-state index in [2.05, 4.69) is 15.4 Å². The monoisotopic (exact) mass is 275 g/mol. The minimum Gasteiger partial charge on any atom is -0.748 e. The molecule has 1 aromatic rings. The molecule has 80 valence electrons. The molecule has 6 heteroatoms. The SMILES string of the molecule is O=S([O-])(=S)OCCc1ccccc1.[Ni+2]. The molecule has 0 saturated heterocycles. The van der Waals surface area contributed by atoms with Gasteiger partial charge in [0.1, 0.15) is 0 Å². The van der Waals surface area contributed by atoms with Crippen LogP contribution in [0.25, 0.3) is 0 Å². The Labute approximate surface area is 98.5 Å². The van der Waals surface area contributed by atoms with Gasteiger partial charge in [-0.15, -0.1) is 0 Å². The Morgan fingerprint density at radius 2 is 1.93 bits per heavy atom. The first-order valence-corrected chi connectivity index (χ1v) is 6.05. The Balaban J connectivity index is 0.00000169. The van der Waals surface area contributed by atoms with Crippen LogP contribution >= 0.6 is 0 Å². The molecular weight excluding hydrogens is 267 g/mol. The maximum atomic E-state index is 10.4. The molecule has 3 nitrogen and oxygen atoms in total. The molecular formula is C8H9NiO3S2+. The van der Waals surface area contributed by atoms with Crippen LogP contribution in [-0.2, 0) is 47.3 Å². The van der Waals surface area contributed by atoms with Gasteiger partial charge in [0.05, 0.1) is 15.7 Å². The van der Waals surface area contributed by atoms with Gasteiger partial charge < -0.3 is 4.55 Å². The van der Waals surface area contributed by atoms with E-state index < -0.39 is 9.05 Å². The third kappa shape index (κ3) is 6.46. The van der Waals surface area contributed by atoms with Crippen LogP contribution in [0.15, 0.2) is 30.3 Å². The van der Waals surface area contributed by atoms with E-state index in [9.17, 15) is 8.76 Å². The van der Waals surface area contributed by atoms with Gasteiger partial charge in [-0.1, -0.05) is 30.3 Å². The molecule has 0 radical (unpaired) electrons. The fraction of sp³-hybridized carbons (Fsp3) is 0.250. The molecule has 0 N–H and O–H groups in total. The van der Waals surface area contributed by atoms with E-state index in [1.54, 1.807) is 0 Å². The molecule has 0 aliphatic rings. The second kappa shape index (κ2) is 6.48. The van der Waals surface area contributed by atoms with Gasteiger partial charge in [-0.2, -0.15) is 0 Å². The van der Waals surface area contributed by atoms with Crippen molar-refractivity contribution >= 4 is 20.2 Å². The number of hydrogen-bond acceptors (Lipinski definition) is 4. The third-order valence-corrected chi connectivity index (χ3v) is 2.21. The van der Waals surface area contributed by atoms with Crippen molar-refractivity contribution in [2.45, 2.75) is 6.42 Å². The standard InChI is InChI=1S/C8H10O3S2.Ni/c9-13(10,12)11-7-6-8-4-2-1-3-5-8;/h1-5H,6-7H2,(H,9,10,12);/q;+2/p-1. The number of hydrogen-bond donors (Lipinski definition) is 0. The molecule has 1 rings (SSSR count). The normalized spacial score (nSPS) is 14.1. The maximum absolute atomic E-state index is 10.4. The molecule has 0 bridgehead atoms. The maximum Gasteiger partial charge on any atom is 2.00 e. The summed E-state index contributed by atoms with van der Waals surface area (Å²) in [4.78, 5) is 0. The number of rotatable bonds is 4. The average molecular weight is 276 g/mol. The van der Waals surface area contributed by atoms with Gasteiger partial charge in [-0.3, -0.25) is 4.18 Å². The minimum atomic E-state index is -3.71. The second-order valence-corrected chi connectivity index (χ2v) is 4.74. The molecule has 0 heterocycles. The van der Waals surface area contributed by atoms with E-state index in [-0.39, 0.29) is 23.1 Å². The van der Waals surface area contributed by atoms with Crippen molar-refractivity contribution in [3.8, 4) is 0 Å². The Kier molecular flexibility index (Phi) is 6.48. The summed E-state index contributed by atoms with van der Waals surface area (Å²) in [6, 6.07) is 9.47. The van der Waals surface area contributed by atoms with Crippen LogP contribution in [0.2, 0.25) is 0 Å². The van der Waals surface area contributed by atoms with E-state index in [4.69, 9.17) is 0 Å². The van der Waals surface area contributed by atoms with Crippen molar-refractivity contribution in [2.75, 3.05) is 6.61 Å². The predicted molar refractivity (Wildman–Crippen MR) is 52.4 cm³/mol. The van der Waals surface area contributed by atoms with Gasteiger partial charge in [0.25, 0.3) is 0 Å². The van der Waals surface area contributed by atoms with Gasteiger partial charge >= 0.3 is 16.5 Å². The molecule has 0 amide bonds. The van der Waals surface area contributed by atoms with Crippen LogP contribution in [0, 0.1) is 0 Å². The summed E-state index contributed by atoms with van der Waals surface area (Å²) in [5.74, 6) is 0. The van der Waals surface area contributed by atoms with Crippen molar-refractivity contribution in [3.63, 3.8) is 0 Å². The van der Waals surface area contributed by atoms with E-state index in [1.807, 2.05) is 30.3 Å². The van der Waals surface area contributed by atoms with Crippen molar-refractivity contribution in [1.82, 2.24) is 0 Å². The Morgan fingerprint density at radius 3 is 2.43 bits per heavy atom. The molecule has 1 unspecified atom stereocenters. The summed E-state index contributed by atoms with van der Waals surface area (Å²) in [6.45, 7) is 0.107. The molecule has 1 aromatic carbocycles. The molecule has 0 aliphatic heterocycles. The first-order chi connectivity index (χ1) is 6.08. The molecule has 14 heavy (non-hydrogen) atoms. The van der Waals surface area contributed by atoms with E-state index in [0.29, 0.717) is 6.42 Å². The summed E-state index contributed by atoms with van der Waals surface area (Å²) in [6.07, 6.45) is 0.552. The molecule has 0 saturated carbocycles. The minimum absolute atomic E-state index is 0. The Morgan fingerprint density at radius 1 is 1.36 bits per heavy atom. The molecule has 0 spiro atoms. The number of benzene rings is 1. The predicted octanol–water partition coefficient (Wildman–Crippen LogP) is 1.03. The van der Waals surface area contributed by atoms with E-state index >= 15 is 0 Å². The van der Waals surface area contributed by atoms with Crippen molar-refractivity contribution < 1.29 is 29.4 Å². The van der Waals surface area contributed by atoms with Crippen LogP contribution in [0.1, 0.15) is 5.56 Å². The average Bonchev–Trinajstić information content (AvgIpc) is 2.04. The zero-order valence-corrected chi connectivity index (χ0v) is 9.78. The van der Waals surface area contributed by atoms with Crippen LogP contribution in [0.5, 0.6) is 0 Å².